The van der Waals surface area contributed by atoms with Crippen molar-refractivity contribution in [1.82, 2.24) is 14.6 Å². The second-order valence-corrected chi connectivity index (χ2v) is 9.05. The van der Waals surface area contributed by atoms with Crippen LogP contribution in [0.15, 0.2) is 42.6 Å². The van der Waals surface area contributed by atoms with Crippen LogP contribution in [0.1, 0.15) is 21.5 Å². The maximum absolute atomic E-state index is 12.6. The van der Waals surface area contributed by atoms with Gasteiger partial charge >= 0.3 is 0 Å². The Balaban J connectivity index is 1.50. The first-order valence-electron chi connectivity index (χ1n) is 9.36. The van der Waals surface area contributed by atoms with E-state index in [0.29, 0.717) is 31.7 Å². The van der Waals surface area contributed by atoms with Crippen LogP contribution in [0.3, 0.4) is 0 Å². The highest BCUT2D eigenvalue weighted by Gasteiger charge is 2.27. The molecule has 150 valence electrons. The normalized spacial score (nSPS) is 15.4. The van der Waals surface area contributed by atoms with E-state index < -0.39 is 10.0 Å². The molecule has 1 aliphatic heterocycles. The number of aromatic nitrogens is 1. The minimum Gasteiger partial charge on any atom is -0.354 e. The number of hydrogen-bond donors (Lipinski definition) is 1. The van der Waals surface area contributed by atoms with Gasteiger partial charge in [-0.1, -0.05) is 23.8 Å². The van der Waals surface area contributed by atoms with E-state index in [0.717, 1.165) is 16.9 Å². The van der Waals surface area contributed by atoms with Crippen molar-refractivity contribution >= 4 is 21.7 Å². The summed E-state index contributed by atoms with van der Waals surface area (Å²) in [6.45, 7) is 5.98. The molecule has 7 nitrogen and oxygen atoms in total. The number of anilines is 1. The van der Waals surface area contributed by atoms with Gasteiger partial charge in [0.15, 0.2) is 0 Å². The third kappa shape index (κ3) is 4.88. The van der Waals surface area contributed by atoms with Gasteiger partial charge in [-0.2, -0.15) is 4.31 Å². The number of nitrogens with zero attached hydrogens (tertiary/aromatic N) is 3. The fraction of sp³-hybridized carbons (Fsp3) is 0.400. The molecule has 0 spiro atoms. The summed E-state index contributed by atoms with van der Waals surface area (Å²) < 4.78 is 26.7. The van der Waals surface area contributed by atoms with Crippen LogP contribution in [0.25, 0.3) is 0 Å². The molecule has 1 aromatic heterocycles. The zero-order valence-electron chi connectivity index (χ0n) is 16.3. The maximum atomic E-state index is 12.6. The minimum atomic E-state index is -3.41. The van der Waals surface area contributed by atoms with Gasteiger partial charge in [-0.3, -0.25) is 4.79 Å². The molecule has 1 amide bonds. The Morgan fingerprint density at radius 1 is 1.11 bits per heavy atom. The smallest absolute Gasteiger partial charge is 0.251 e. The Morgan fingerprint density at radius 3 is 2.50 bits per heavy atom. The number of benzene rings is 1. The fourth-order valence-electron chi connectivity index (χ4n) is 3.32. The third-order valence-electron chi connectivity index (χ3n) is 4.88. The number of rotatable bonds is 6. The van der Waals surface area contributed by atoms with Crippen molar-refractivity contribution in [2.45, 2.75) is 13.8 Å². The SMILES string of the molecule is Cc1ccc(C(=O)NCCS(=O)(=O)N2CCN(c3ccccn3)CC2)c(C)c1. The number of carbonyl (C=O) groups excluding carboxylic acids is 1. The average Bonchev–Trinajstić information content (AvgIpc) is 2.68. The van der Waals surface area contributed by atoms with Gasteiger partial charge in [0.2, 0.25) is 10.0 Å². The zero-order chi connectivity index (χ0) is 20.1. The maximum Gasteiger partial charge on any atom is 0.251 e. The van der Waals surface area contributed by atoms with Crippen LogP contribution in [0.2, 0.25) is 0 Å². The van der Waals surface area contributed by atoms with E-state index in [2.05, 4.69) is 15.2 Å². The minimum absolute atomic E-state index is 0.0922. The van der Waals surface area contributed by atoms with Gasteiger partial charge in [0, 0.05) is 44.5 Å². The van der Waals surface area contributed by atoms with Crippen molar-refractivity contribution in [1.29, 1.82) is 0 Å². The molecule has 0 saturated carbocycles. The number of nitrogens with one attached hydrogen (secondary N) is 1. The van der Waals surface area contributed by atoms with Gasteiger partial charge in [0.05, 0.1) is 5.75 Å². The second-order valence-electron chi connectivity index (χ2n) is 6.96. The summed E-state index contributed by atoms with van der Waals surface area (Å²) in [6.07, 6.45) is 1.73. The lowest BCUT2D eigenvalue weighted by Crippen LogP contribution is -2.50. The van der Waals surface area contributed by atoms with Gasteiger partial charge in [0.25, 0.3) is 5.91 Å². The van der Waals surface area contributed by atoms with Gasteiger partial charge < -0.3 is 10.2 Å². The molecule has 28 heavy (non-hydrogen) atoms. The molecule has 1 aromatic carbocycles. The fourth-order valence-corrected chi connectivity index (χ4v) is 4.66. The van der Waals surface area contributed by atoms with Crippen LogP contribution in [-0.4, -0.2) is 62.1 Å². The molecule has 2 aromatic rings. The lowest BCUT2D eigenvalue weighted by molar-refractivity contribution is 0.0955. The lowest BCUT2D eigenvalue weighted by Gasteiger charge is -2.34. The molecule has 1 N–H and O–H groups in total. The summed E-state index contributed by atoms with van der Waals surface area (Å²) >= 11 is 0. The molecule has 1 aliphatic rings. The molecule has 0 unspecified atom stereocenters. The van der Waals surface area contributed by atoms with E-state index in [1.54, 1.807) is 12.3 Å². The van der Waals surface area contributed by atoms with Crippen molar-refractivity contribution < 1.29 is 13.2 Å². The topological polar surface area (TPSA) is 82.6 Å². The standard InChI is InChI=1S/C20H26N4O3S/c1-16-6-7-18(17(2)15-16)20(25)22-9-14-28(26,27)24-12-10-23(11-13-24)19-5-3-4-8-21-19/h3-8,15H,9-14H2,1-2H3,(H,22,25). The molecule has 0 aliphatic carbocycles. The number of piperazine rings is 1. The molecule has 8 heteroatoms. The van der Waals surface area contributed by atoms with Crippen LogP contribution in [0.4, 0.5) is 5.82 Å². The van der Waals surface area contributed by atoms with Crippen LogP contribution in [-0.2, 0) is 10.0 Å². The number of carbonyl (C=O) groups is 1. The number of pyridine rings is 1. The van der Waals surface area contributed by atoms with Crippen molar-refractivity contribution in [2.24, 2.45) is 0 Å². The molecule has 0 radical (unpaired) electrons. The quantitative estimate of drug-likeness (QED) is 0.793. The summed E-state index contributed by atoms with van der Waals surface area (Å²) in [7, 11) is -3.41. The molecule has 0 atom stereocenters. The van der Waals surface area contributed by atoms with Gasteiger partial charge in [-0.25, -0.2) is 13.4 Å². The lowest BCUT2D eigenvalue weighted by atomic mass is 10.1. The Morgan fingerprint density at radius 2 is 1.86 bits per heavy atom. The first kappa shape index (κ1) is 20.3. The highest BCUT2D eigenvalue weighted by molar-refractivity contribution is 7.89. The van der Waals surface area contributed by atoms with Crippen LogP contribution in [0, 0.1) is 13.8 Å². The van der Waals surface area contributed by atoms with E-state index in [1.165, 1.54) is 4.31 Å². The Hall–Kier alpha value is -2.45. The second kappa shape index (κ2) is 8.70. The monoisotopic (exact) mass is 402 g/mol. The summed E-state index contributed by atoms with van der Waals surface area (Å²) in [5, 5.41) is 2.72. The highest BCUT2D eigenvalue weighted by atomic mass is 32.2. The van der Waals surface area contributed by atoms with E-state index in [4.69, 9.17) is 0 Å². The number of hydrogen-bond acceptors (Lipinski definition) is 5. The summed E-state index contributed by atoms with van der Waals surface area (Å²) in [5.74, 6) is 0.515. The predicted molar refractivity (Wildman–Crippen MR) is 110 cm³/mol. The first-order chi connectivity index (χ1) is 13.4. The molecule has 3 rings (SSSR count). The van der Waals surface area contributed by atoms with Gasteiger partial charge in [-0.15, -0.1) is 0 Å². The molecular weight excluding hydrogens is 376 g/mol. The number of sulfonamides is 1. The number of aryl methyl sites for hydroxylation is 2. The highest BCUT2D eigenvalue weighted by Crippen LogP contribution is 2.15. The Kier molecular flexibility index (Phi) is 6.31. The summed E-state index contributed by atoms with van der Waals surface area (Å²) in [5.41, 5.74) is 2.54. The van der Waals surface area contributed by atoms with E-state index in [1.807, 2.05) is 44.2 Å². The molecule has 0 bridgehead atoms. The molecule has 1 fully saturated rings. The Labute approximate surface area is 166 Å². The van der Waals surface area contributed by atoms with E-state index in [9.17, 15) is 13.2 Å². The predicted octanol–water partition coefficient (Wildman–Crippen LogP) is 1.58. The number of amides is 1. The third-order valence-corrected chi connectivity index (χ3v) is 6.75. The van der Waals surface area contributed by atoms with Crippen molar-refractivity contribution in [3.8, 4) is 0 Å². The Bertz CT molecular complexity index is 924. The molecule has 1 saturated heterocycles. The molecule has 2 heterocycles. The van der Waals surface area contributed by atoms with Crippen LogP contribution >= 0.6 is 0 Å². The van der Waals surface area contributed by atoms with Crippen LogP contribution in [0.5, 0.6) is 0 Å². The van der Waals surface area contributed by atoms with Gasteiger partial charge in [-0.05, 0) is 37.6 Å². The van der Waals surface area contributed by atoms with Crippen molar-refractivity contribution in [2.75, 3.05) is 43.4 Å². The van der Waals surface area contributed by atoms with Gasteiger partial charge in [0.1, 0.15) is 5.82 Å². The van der Waals surface area contributed by atoms with Crippen LogP contribution < -0.4 is 10.2 Å². The van der Waals surface area contributed by atoms with Crippen molar-refractivity contribution in [3.63, 3.8) is 0 Å². The summed E-state index contributed by atoms with van der Waals surface area (Å²) in [4.78, 5) is 18.7. The summed E-state index contributed by atoms with van der Waals surface area (Å²) in [6, 6.07) is 11.3. The zero-order valence-corrected chi connectivity index (χ0v) is 17.1. The first-order valence-corrected chi connectivity index (χ1v) is 11.0. The van der Waals surface area contributed by atoms with Crippen molar-refractivity contribution in [3.05, 3.63) is 59.3 Å². The van der Waals surface area contributed by atoms with E-state index in [-0.39, 0.29) is 18.2 Å². The largest absolute Gasteiger partial charge is 0.354 e. The van der Waals surface area contributed by atoms with E-state index >= 15 is 0 Å². The average molecular weight is 403 g/mol. The molecular formula is C20H26N4O3S.